The molecule has 1 aliphatic carbocycles. The standard InChI is InChI=1S/C13H13N5O3/c1-2-6-3-7(13-15-17-18-16-13)5-8(4-6)14-9-10(19)12(21)11(9)20/h3-5,9-10,14,19H,2H2,1H3,(H,15,16,17,18). The van der Waals surface area contributed by atoms with E-state index in [4.69, 9.17) is 0 Å². The number of aliphatic hydroxyl groups excluding tert-OH is 1. The van der Waals surface area contributed by atoms with Crippen LogP contribution >= 0.6 is 0 Å². The van der Waals surface area contributed by atoms with Crippen LogP contribution in [0.1, 0.15) is 12.5 Å². The lowest BCUT2D eigenvalue weighted by molar-refractivity contribution is -0.152. The van der Waals surface area contributed by atoms with Crippen molar-refractivity contribution in [1.82, 2.24) is 20.6 Å². The van der Waals surface area contributed by atoms with Gasteiger partial charge >= 0.3 is 0 Å². The van der Waals surface area contributed by atoms with E-state index >= 15 is 0 Å². The average Bonchev–Trinajstić information content (AvgIpc) is 3.05. The van der Waals surface area contributed by atoms with Crippen molar-refractivity contribution in [2.75, 3.05) is 5.32 Å². The van der Waals surface area contributed by atoms with Gasteiger partial charge in [-0.2, -0.15) is 5.21 Å². The second-order valence-corrected chi connectivity index (χ2v) is 4.80. The van der Waals surface area contributed by atoms with E-state index in [2.05, 4.69) is 25.9 Å². The summed E-state index contributed by atoms with van der Waals surface area (Å²) in [6, 6.07) is 4.63. The van der Waals surface area contributed by atoms with Crippen LogP contribution < -0.4 is 5.32 Å². The minimum Gasteiger partial charge on any atom is -0.382 e. The van der Waals surface area contributed by atoms with Gasteiger partial charge in [0.15, 0.2) is 0 Å². The van der Waals surface area contributed by atoms with Gasteiger partial charge in [0.25, 0.3) is 0 Å². The highest BCUT2D eigenvalue weighted by Crippen LogP contribution is 2.25. The van der Waals surface area contributed by atoms with Crippen molar-refractivity contribution < 1.29 is 14.7 Å². The van der Waals surface area contributed by atoms with E-state index in [0.717, 1.165) is 17.5 Å². The molecule has 2 atom stereocenters. The van der Waals surface area contributed by atoms with Crippen LogP contribution in [0.25, 0.3) is 11.4 Å². The quantitative estimate of drug-likeness (QED) is 0.661. The maximum absolute atomic E-state index is 11.4. The predicted octanol–water partition coefficient (Wildman–Crippen LogP) is -0.278. The Hall–Kier alpha value is -2.61. The molecule has 0 bridgehead atoms. The fourth-order valence-electron chi connectivity index (χ4n) is 2.21. The Morgan fingerprint density at radius 1 is 1.29 bits per heavy atom. The number of ketones is 2. The molecule has 1 aromatic heterocycles. The molecule has 0 saturated heterocycles. The number of aromatic amines is 1. The van der Waals surface area contributed by atoms with Gasteiger partial charge in [0.2, 0.25) is 17.4 Å². The fraction of sp³-hybridized carbons (Fsp3) is 0.308. The Morgan fingerprint density at radius 2 is 2.10 bits per heavy atom. The Labute approximate surface area is 119 Å². The number of rotatable bonds is 4. The number of Topliss-reactive ketones (excluding diaryl/α,β-unsaturated/α-hetero) is 2. The minimum atomic E-state index is -1.28. The third kappa shape index (κ3) is 2.29. The van der Waals surface area contributed by atoms with Crippen LogP contribution in [-0.2, 0) is 16.0 Å². The first kappa shape index (κ1) is 13.4. The highest BCUT2D eigenvalue weighted by molar-refractivity contribution is 6.49. The molecule has 1 heterocycles. The van der Waals surface area contributed by atoms with Crippen molar-refractivity contribution in [1.29, 1.82) is 0 Å². The molecule has 0 spiro atoms. The number of anilines is 1. The number of nitrogens with one attached hydrogen (secondary N) is 2. The lowest BCUT2D eigenvalue weighted by atomic mass is 9.85. The van der Waals surface area contributed by atoms with Crippen LogP contribution in [0.5, 0.6) is 0 Å². The van der Waals surface area contributed by atoms with E-state index in [9.17, 15) is 14.7 Å². The summed E-state index contributed by atoms with van der Waals surface area (Å²) in [5, 5.41) is 26.1. The number of hydrogen-bond acceptors (Lipinski definition) is 7. The Balaban J connectivity index is 1.90. The summed E-state index contributed by atoms with van der Waals surface area (Å²) in [7, 11) is 0. The largest absolute Gasteiger partial charge is 0.382 e. The highest BCUT2D eigenvalue weighted by atomic mass is 16.3. The molecule has 2 aromatic rings. The van der Waals surface area contributed by atoms with Crippen LogP contribution in [0.3, 0.4) is 0 Å². The molecule has 3 N–H and O–H groups in total. The smallest absolute Gasteiger partial charge is 0.231 e. The van der Waals surface area contributed by atoms with Gasteiger partial charge in [-0.25, -0.2) is 0 Å². The van der Waals surface area contributed by atoms with Crippen molar-refractivity contribution in [3.63, 3.8) is 0 Å². The van der Waals surface area contributed by atoms with Crippen molar-refractivity contribution in [2.24, 2.45) is 0 Å². The Kier molecular flexibility index (Phi) is 3.22. The first-order valence-electron chi connectivity index (χ1n) is 6.50. The summed E-state index contributed by atoms with van der Waals surface area (Å²) in [5.41, 5.74) is 2.37. The number of H-pyrrole nitrogens is 1. The molecular formula is C13H13N5O3. The molecule has 1 aliphatic rings. The van der Waals surface area contributed by atoms with Crippen LogP contribution in [0.15, 0.2) is 18.2 Å². The summed E-state index contributed by atoms with van der Waals surface area (Å²) in [5.74, 6) is -0.923. The van der Waals surface area contributed by atoms with Gasteiger partial charge in [-0.15, -0.1) is 10.2 Å². The molecule has 8 nitrogen and oxygen atoms in total. The van der Waals surface area contributed by atoms with E-state index in [-0.39, 0.29) is 0 Å². The average molecular weight is 287 g/mol. The maximum Gasteiger partial charge on any atom is 0.231 e. The lowest BCUT2D eigenvalue weighted by Gasteiger charge is -2.30. The summed E-state index contributed by atoms with van der Waals surface area (Å²) in [6.45, 7) is 1.99. The Bertz CT molecular complexity index is 698. The van der Waals surface area contributed by atoms with Crippen molar-refractivity contribution in [3.8, 4) is 11.4 Å². The van der Waals surface area contributed by atoms with Gasteiger partial charge in [0.05, 0.1) is 0 Å². The number of carbonyl (C=O) groups excluding carboxylic acids is 2. The zero-order valence-corrected chi connectivity index (χ0v) is 11.2. The number of carbonyl (C=O) groups is 2. The topological polar surface area (TPSA) is 121 Å². The number of aromatic nitrogens is 4. The van der Waals surface area contributed by atoms with E-state index in [1.54, 1.807) is 6.07 Å². The number of aliphatic hydroxyl groups is 1. The van der Waals surface area contributed by atoms with Gasteiger partial charge in [-0.3, -0.25) is 9.59 Å². The SMILES string of the molecule is CCc1cc(NC2C(=O)C(=O)C2O)cc(-c2nn[nH]n2)c1. The van der Waals surface area contributed by atoms with Crippen molar-refractivity contribution in [2.45, 2.75) is 25.5 Å². The fourth-order valence-corrected chi connectivity index (χ4v) is 2.21. The van der Waals surface area contributed by atoms with Crippen molar-refractivity contribution in [3.05, 3.63) is 23.8 Å². The van der Waals surface area contributed by atoms with Gasteiger partial charge in [-0.05, 0) is 35.4 Å². The first-order valence-corrected chi connectivity index (χ1v) is 6.50. The second kappa shape index (κ2) is 5.06. The van der Waals surface area contributed by atoms with Crippen LogP contribution in [-0.4, -0.2) is 49.4 Å². The molecule has 1 fully saturated rings. The normalized spacial score (nSPS) is 21.2. The van der Waals surface area contributed by atoms with Crippen LogP contribution in [0.4, 0.5) is 5.69 Å². The maximum atomic E-state index is 11.4. The van der Waals surface area contributed by atoms with Crippen LogP contribution in [0, 0.1) is 0 Å². The Morgan fingerprint density at radius 3 is 2.71 bits per heavy atom. The van der Waals surface area contributed by atoms with E-state index < -0.39 is 23.7 Å². The zero-order valence-electron chi connectivity index (χ0n) is 11.2. The zero-order chi connectivity index (χ0) is 15.0. The number of tetrazole rings is 1. The summed E-state index contributed by atoms with van der Waals surface area (Å²) < 4.78 is 0. The molecular weight excluding hydrogens is 274 g/mol. The summed E-state index contributed by atoms with van der Waals surface area (Å²) in [6.07, 6.45) is -0.503. The first-order chi connectivity index (χ1) is 10.1. The molecule has 1 aromatic carbocycles. The van der Waals surface area contributed by atoms with E-state index in [1.807, 2.05) is 19.1 Å². The number of benzene rings is 1. The molecule has 0 amide bonds. The molecule has 2 unspecified atom stereocenters. The summed E-state index contributed by atoms with van der Waals surface area (Å²) in [4.78, 5) is 22.5. The van der Waals surface area contributed by atoms with Gasteiger partial charge in [0, 0.05) is 11.3 Å². The molecule has 3 rings (SSSR count). The molecule has 1 saturated carbocycles. The van der Waals surface area contributed by atoms with Gasteiger partial charge in [0.1, 0.15) is 12.1 Å². The predicted molar refractivity (Wildman–Crippen MR) is 72.4 cm³/mol. The monoisotopic (exact) mass is 287 g/mol. The van der Waals surface area contributed by atoms with Crippen molar-refractivity contribution >= 4 is 17.3 Å². The third-order valence-electron chi connectivity index (χ3n) is 3.44. The molecule has 108 valence electrons. The molecule has 0 radical (unpaired) electrons. The van der Waals surface area contributed by atoms with Gasteiger partial charge < -0.3 is 10.4 Å². The van der Waals surface area contributed by atoms with E-state index in [1.165, 1.54) is 0 Å². The summed E-state index contributed by atoms with van der Waals surface area (Å²) >= 11 is 0. The second-order valence-electron chi connectivity index (χ2n) is 4.80. The minimum absolute atomic E-state index is 0.435. The lowest BCUT2D eigenvalue weighted by Crippen LogP contribution is -2.61. The number of hydrogen-bond donors (Lipinski definition) is 3. The molecule has 0 aliphatic heterocycles. The molecule has 8 heteroatoms. The van der Waals surface area contributed by atoms with Crippen LogP contribution in [0.2, 0.25) is 0 Å². The van der Waals surface area contributed by atoms with Gasteiger partial charge in [-0.1, -0.05) is 6.92 Å². The number of aryl methyl sites for hydroxylation is 1. The highest BCUT2D eigenvalue weighted by Gasteiger charge is 2.48. The third-order valence-corrected chi connectivity index (χ3v) is 3.44. The van der Waals surface area contributed by atoms with E-state index in [0.29, 0.717) is 11.5 Å². The molecule has 21 heavy (non-hydrogen) atoms. The number of nitrogens with zero attached hydrogens (tertiary/aromatic N) is 3.